The molecule has 0 N–H and O–H groups in total. The summed E-state index contributed by atoms with van der Waals surface area (Å²) in [6.07, 6.45) is 0.696. The van der Waals surface area contributed by atoms with E-state index in [4.69, 9.17) is 0 Å². The molecule has 0 unspecified atom stereocenters. The molecular formula is C16H27BrN2O2S. The van der Waals surface area contributed by atoms with E-state index >= 15 is 0 Å². The van der Waals surface area contributed by atoms with Crippen molar-refractivity contribution in [3.05, 3.63) is 28.2 Å². The Hall–Kier alpha value is -0.430. The van der Waals surface area contributed by atoms with Gasteiger partial charge in [0.05, 0.1) is 4.90 Å². The number of sulfonamides is 1. The van der Waals surface area contributed by atoms with Crippen LogP contribution >= 0.6 is 15.9 Å². The van der Waals surface area contributed by atoms with Crippen molar-refractivity contribution in [2.24, 2.45) is 0 Å². The molecule has 0 saturated carbocycles. The lowest BCUT2D eigenvalue weighted by Crippen LogP contribution is -2.38. The third-order valence-electron chi connectivity index (χ3n) is 3.93. The van der Waals surface area contributed by atoms with Crippen molar-refractivity contribution >= 4 is 26.0 Å². The van der Waals surface area contributed by atoms with Crippen LogP contribution < -0.4 is 0 Å². The Balaban J connectivity index is 3.04. The fourth-order valence-corrected chi connectivity index (χ4v) is 4.58. The van der Waals surface area contributed by atoms with E-state index in [0.717, 1.165) is 29.7 Å². The Morgan fingerprint density at radius 1 is 1.00 bits per heavy atom. The van der Waals surface area contributed by atoms with Gasteiger partial charge in [-0.2, -0.15) is 4.31 Å². The van der Waals surface area contributed by atoms with Crippen molar-refractivity contribution in [1.29, 1.82) is 0 Å². The van der Waals surface area contributed by atoms with Crippen LogP contribution in [0.3, 0.4) is 0 Å². The first-order chi connectivity index (χ1) is 10.4. The molecule has 1 rings (SSSR count). The van der Waals surface area contributed by atoms with E-state index in [1.165, 1.54) is 0 Å². The number of hydrogen-bond acceptors (Lipinski definition) is 3. The van der Waals surface area contributed by atoms with Crippen molar-refractivity contribution in [1.82, 2.24) is 9.21 Å². The predicted molar refractivity (Wildman–Crippen MR) is 95.7 cm³/mol. The SMILES string of the molecule is CCc1cc(Br)ccc1S(=O)(=O)N(CC)CCN(CC)CC. The molecule has 0 heterocycles. The maximum Gasteiger partial charge on any atom is 0.243 e. The molecule has 126 valence electrons. The summed E-state index contributed by atoms with van der Waals surface area (Å²) in [4.78, 5) is 2.67. The molecule has 4 nitrogen and oxygen atoms in total. The summed E-state index contributed by atoms with van der Waals surface area (Å²) in [5.74, 6) is 0. The second-order valence-electron chi connectivity index (χ2n) is 5.13. The molecule has 0 aliphatic heterocycles. The highest BCUT2D eigenvalue weighted by Gasteiger charge is 2.25. The Morgan fingerprint density at radius 3 is 2.14 bits per heavy atom. The Kier molecular flexibility index (Phi) is 8.03. The maximum atomic E-state index is 12.9. The van der Waals surface area contributed by atoms with Gasteiger partial charge >= 0.3 is 0 Å². The van der Waals surface area contributed by atoms with Gasteiger partial charge in [0.25, 0.3) is 0 Å². The van der Waals surface area contributed by atoms with Gasteiger partial charge in [0, 0.05) is 24.1 Å². The van der Waals surface area contributed by atoms with Crippen LogP contribution in [0.15, 0.2) is 27.6 Å². The fraction of sp³-hybridized carbons (Fsp3) is 0.625. The molecule has 0 aliphatic rings. The zero-order valence-electron chi connectivity index (χ0n) is 14.0. The molecule has 0 aromatic heterocycles. The molecule has 0 radical (unpaired) electrons. The smallest absolute Gasteiger partial charge is 0.243 e. The van der Waals surface area contributed by atoms with E-state index in [2.05, 4.69) is 34.7 Å². The minimum atomic E-state index is -3.44. The van der Waals surface area contributed by atoms with E-state index in [9.17, 15) is 8.42 Å². The highest BCUT2D eigenvalue weighted by atomic mass is 79.9. The highest BCUT2D eigenvalue weighted by Crippen LogP contribution is 2.24. The standard InChI is InChI=1S/C16H27BrN2O2S/c1-5-14-13-15(17)9-10-16(14)22(20,21)19(8-4)12-11-18(6-2)7-3/h9-10,13H,5-8,11-12H2,1-4H3. The van der Waals surface area contributed by atoms with Gasteiger partial charge in [0.1, 0.15) is 0 Å². The number of halogens is 1. The van der Waals surface area contributed by atoms with Crippen LogP contribution in [-0.4, -0.2) is 50.3 Å². The molecule has 0 spiro atoms. The number of likely N-dealkylation sites (N-methyl/N-ethyl adjacent to an activating group) is 2. The predicted octanol–water partition coefficient (Wildman–Crippen LogP) is 3.36. The Labute approximate surface area is 143 Å². The summed E-state index contributed by atoms with van der Waals surface area (Å²) in [6, 6.07) is 5.40. The molecule has 0 saturated heterocycles. The van der Waals surface area contributed by atoms with Crippen molar-refractivity contribution in [3.8, 4) is 0 Å². The first-order valence-electron chi connectivity index (χ1n) is 7.91. The molecule has 0 bridgehead atoms. The molecule has 22 heavy (non-hydrogen) atoms. The van der Waals surface area contributed by atoms with Gasteiger partial charge in [-0.3, -0.25) is 0 Å². The molecule has 1 aromatic rings. The molecule has 0 atom stereocenters. The van der Waals surface area contributed by atoms with Gasteiger partial charge in [0.2, 0.25) is 10.0 Å². The van der Waals surface area contributed by atoms with Crippen LogP contribution in [0.4, 0.5) is 0 Å². The van der Waals surface area contributed by atoms with Gasteiger partial charge in [-0.15, -0.1) is 0 Å². The molecule has 6 heteroatoms. The van der Waals surface area contributed by atoms with Crippen LogP contribution in [0.25, 0.3) is 0 Å². The second-order valence-corrected chi connectivity index (χ2v) is 7.95. The molecule has 0 fully saturated rings. The first-order valence-corrected chi connectivity index (χ1v) is 10.1. The highest BCUT2D eigenvalue weighted by molar-refractivity contribution is 9.10. The van der Waals surface area contributed by atoms with Crippen molar-refractivity contribution < 1.29 is 8.42 Å². The lowest BCUT2D eigenvalue weighted by molar-refractivity contribution is 0.274. The molecule has 0 aliphatic carbocycles. The van der Waals surface area contributed by atoms with Gasteiger partial charge in [-0.05, 0) is 43.3 Å². The van der Waals surface area contributed by atoms with Crippen molar-refractivity contribution in [2.45, 2.75) is 39.0 Å². The first kappa shape index (κ1) is 19.6. The number of benzene rings is 1. The van der Waals surface area contributed by atoms with Crippen molar-refractivity contribution in [3.63, 3.8) is 0 Å². The normalized spacial score (nSPS) is 12.3. The fourth-order valence-electron chi connectivity index (χ4n) is 2.46. The van der Waals surface area contributed by atoms with E-state index in [1.807, 2.05) is 19.9 Å². The third kappa shape index (κ3) is 4.78. The molecule has 0 amide bonds. The van der Waals surface area contributed by atoms with Gasteiger partial charge in [0.15, 0.2) is 0 Å². The van der Waals surface area contributed by atoms with Crippen LogP contribution in [0, 0.1) is 0 Å². The number of aryl methyl sites for hydroxylation is 1. The zero-order valence-corrected chi connectivity index (χ0v) is 16.4. The van der Waals surface area contributed by atoms with E-state index in [-0.39, 0.29) is 0 Å². The summed E-state index contributed by atoms with van der Waals surface area (Å²) >= 11 is 3.41. The van der Waals surface area contributed by atoms with E-state index in [1.54, 1.807) is 16.4 Å². The molecule has 1 aromatic carbocycles. The summed E-state index contributed by atoms with van der Waals surface area (Å²) < 4.78 is 28.4. The van der Waals surface area contributed by atoms with E-state index in [0.29, 0.717) is 24.4 Å². The average Bonchev–Trinajstić information content (AvgIpc) is 2.51. The monoisotopic (exact) mass is 390 g/mol. The number of rotatable bonds is 9. The van der Waals surface area contributed by atoms with Gasteiger partial charge in [-0.25, -0.2) is 8.42 Å². The Bertz CT molecular complexity index is 572. The minimum absolute atomic E-state index is 0.430. The van der Waals surface area contributed by atoms with Gasteiger partial charge in [-0.1, -0.05) is 43.6 Å². The summed E-state index contributed by atoms with van der Waals surface area (Å²) in [7, 11) is -3.44. The van der Waals surface area contributed by atoms with Crippen LogP contribution in [-0.2, 0) is 16.4 Å². The second kappa shape index (κ2) is 9.01. The third-order valence-corrected chi connectivity index (χ3v) is 6.50. The van der Waals surface area contributed by atoms with Crippen LogP contribution in [0.2, 0.25) is 0 Å². The number of nitrogens with zero attached hydrogens (tertiary/aromatic N) is 2. The summed E-state index contributed by atoms with van der Waals surface area (Å²) in [5, 5.41) is 0. The Morgan fingerprint density at radius 2 is 1.64 bits per heavy atom. The van der Waals surface area contributed by atoms with Gasteiger partial charge < -0.3 is 4.90 Å². The van der Waals surface area contributed by atoms with Crippen molar-refractivity contribution in [2.75, 3.05) is 32.7 Å². The lowest BCUT2D eigenvalue weighted by atomic mass is 10.2. The summed E-state index contributed by atoms with van der Waals surface area (Å²) in [5.41, 5.74) is 0.857. The quantitative estimate of drug-likeness (QED) is 0.648. The largest absolute Gasteiger partial charge is 0.303 e. The van der Waals surface area contributed by atoms with Crippen LogP contribution in [0.5, 0.6) is 0 Å². The molecular weight excluding hydrogens is 364 g/mol. The summed E-state index contributed by atoms with van der Waals surface area (Å²) in [6.45, 7) is 11.7. The average molecular weight is 391 g/mol. The topological polar surface area (TPSA) is 40.6 Å². The van der Waals surface area contributed by atoms with E-state index < -0.39 is 10.0 Å². The number of hydrogen-bond donors (Lipinski definition) is 0. The minimum Gasteiger partial charge on any atom is -0.303 e. The zero-order chi connectivity index (χ0) is 16.8. The van der Waals surface area contributed by atoms with Crippen LogP contribution in [0.1, 0.15) is 33.3 Å². The maximum absolute atomic E-state index is 12.9. The lowest BCUT2D eigenvalue weighted by Gasteiger charge is -2.25.